The molecule has 4 aromatic rings. The molecule has 198 valence electrons. The van der Waals surface area contributed by atoms with Gasteiger partial charge in [-0.25, -0.2) is 9.07 Å². The average Bonchev–Trinajstić information content (AvgIpc) is 3.18. The number of aromatic nitrogens is 2. The van der Waals surface area contributed by atoms with E-state index >= 15 is 0 Å². The summed E-state index contributed by atoms with van der Waals surface area (Å²) in [4.78, 5) is 13.9. The van der Waals surface area contributed by atoms with Crippen molar-refractivity contribution in [2.45, 2.75) is 51.0 Å². The molecule has 4 nitrogen and oxygen atoms in total. The van der Waals surface area contributed by atoms with Crippen LogP contribution in [-0.4, -0.2) is 15.7 Å². The standard InChI is InChI=1S/C32H28Cl2FN3O/c33-23-14-17-29(27(34)19-23)38-31-22(18-20-12-15-24(35)16-13-20)7-2-4-10-26(31)30(37-38)32(39)36-28-11-5-8-21-6-1-3-9-25(21)28/h1,3,6,9,12-19,28H,2,4-5,7-8,10-11H2,(H,36,39)/b22-18+/t28-/m1/s1. The van der Waals surface area contributed by atoms with E-state index in [2.05, 4.69) is 29.6 Å². The number of carbonyl (C=O) groups is 1. The van der Waals surface area contributed by atoms with E-state index in [4.69, 9.17) is 28.3 Å². The number of allylic oxidation sites excluding steroid dienone is 1. The van der Waals surface area contributed by atoms with E-state index < -0.39 is 0 Å². The first-order valence-electron chi connectivity index (χ1n) is 13.4. The molecule has 7 heteroatoms. The van der Waals surface area contributed by atoms with Crippen molar-refractivity contribution < 1.29 is 9.18 Å². The molecule has 3 aromatic carbocycles. The zero-order valence-corrected chi connectivity index (χ0v) is 22.9. The number of nitrogens with zero attached hydrogens (tertiary/aromatic N) is 2. The second-order valence-corrected chi connectivity index (χ2v) is 11.1. The van der Waals surface area contributed by atoms with Crippen LogP contribution >= 0.6 is 23.2 Å². The van der Waals surface area contributed by atoms with Crippen molar-refractivity contribution in [3.63, 3.8) is 0 Å². The highest BCUT2D eigenvalue weighted by molar-refractivity contribution is 6.35. The summed E-state index contributed by atoms with van der Waals surface area (Å²) < 4.78 is 15.4. The van der Waals surface area contributed by atoms with E-state index in [-0.39, 0.29) is 17.8 Å². The summed E-state index contributed by atoms with van der Waals surface area (Å²) >= 11 is 12.9. The van der Waals surface area contributed by atoms with Gasteiger partial charge in [-0.05, 0) is 104 Å². The monoisotopic (exact) mass is 559 g/mol. The predicted molar refractivity (Wildman–Crippen MR) is 155 cm³/mol. The van der Waals surface area contributed by atoms with Gasteiger partial charge in [0.15, 0.2) is 5.69 Å². The Morgan fingerprint density at radius 3 is 2.59 bits per heavy atom. The van der Waals surface area contributed by atoms with Gasteiger partial charge in [0.2, 0.25) is 0 Å². The number of amides is 1. The Labute approximate surface area is 237 Å². The van der Waals surface area contributed by atoms with Crippen LogP contribution in [0.15, 0.2) is 66.7 Å². The fraction of sp³-hybridized carbons (Fsp3) is 0.250. The van der Waals surface area contributed by atoms with Crippen molar-refractivity contribution in [2.24, 2.45) is 0 Å². The smallest absolute Gasteiger partial charge is 0.272 e. The second-order valence-electron chi connectivity index (χ2n) is 10.2. The third kappa shape index (κ3) is 5.26. The lowest BCUT2D eigenvalue weighted by atomic mass is 9.87. The molecular weight excluding hydrogens is 532 g/mol. The zero-order chi connectivity index (χ0) is 26.9. The van der Waals surface area contributed by atoms with E-state index in [0.29, 0.717) is 21.4 Å². The summed E-state index contributed by atoms with van der Waals surface area (Å²) in [5, 5.41) is 9.17. The van der Waals surface area contributed by atoms with Crippen LogP contribution in [0, 0.1) is 5.82 Å². The quantitative estimate of drug-likeness (QED) is 0.255. The molecule has 0 radical (unpaired) electrons. The van der Waals surface area contributed by atoms with E-state index in [1.165, 1.54) is 23.3 Å². The Kier molecular flexibility index (Phi) is 7.28. The van der Waals surface area contributed by atoms with Crippen LogP contribution in [0.1, 0.15) is 76.6 Å². The van der Waals surface area contributed by atoms with E-state index in [1.807, 2.05) is 12.1 Å². The first-order chi connectivity index (χ1) is 19.0. The van der Waals surface area contributed by atoms with Gasteiger partial charge in [-0.15, -0.1) is 0 Å². The molecule has 1 atom stereocenters. The maximum Gasteiger partial charge on any atom is 0.272 e. The van der Waals surface area contributed by atoms with Gasteiger partial charge in [0.1, 0.15) is 5.82 Å². The summed E-state index contributed by atoms with van der Waals surface area (Å²) in [7, 11) is 0. The molecule has 0 bridgehead atoms. The third-order valence-electron chi connectivity index (χ3n) is 7.65. The topological polar surface area (TPSA) is 46.9 Å². The lowest BCUT2D eigenvalue weighted by Crippen LogP contribution is -2.31. The predicted octanol–water partition coefficient (Wildman–Crippen LogP) is 8.39. The number of benzene rings is 3. The minimum Gasteiger partial charge on any atom is -0.344 e. The Bertz CT molecular complexity index is 1580. The third-order valence-corrected chi connectivity index (χ3v) is 8.19. The molecule has 1 amide bonds. The normalized spacial score (nSPS) is 17.8. The molecule has 1 aromatic heterocycles. The molecule has 1 N–H and O–H groups in total. The van der Waals surface area contributed by atoms with Crippen molar-refractivity contribution in [3.8, 4) is 5.69 Å². The highest BCUT2D eigenvalue weighted by atomic mass is 35.5. The van der Waals surface area contributed by atoms with Crippen molar-refractivity contribution >= 4 is 40.8 Å². The van der Waals surface area contributed by atoms with Gasteiger partial charge in [0.25, 0.3) is 5.91 Å². The molecule has 2 aliphatic rings. The van der Waals surface area contributed by atoms with Crippen LogP contribution in [0.25, 0.3) is 17.3 Å². The number of aryl methyl sites for hydroxylation is 1. The minimum atomic E-state index is -0.278. The van der Waals surface area contributed by atoms with Gasteiger partial charge in [-0.3, -0.25) is 4.79 Å². The van der Waals surface area contributed by atoms with Crippen LogP contribution in [0.4, 0.5) is 4.39 Å². The van der Waals surface area contributed by atoms with E-state index in [0.717, 1.165) is 67.3 Å². The molecule has 6 rings (SSSR count). The summed E-state index contributed by atoms with van der Waals surface area (Å²) in [6, 6.07) is 20.0. The summed E-state index contributed by atoms with van der Waals surface area (Å²) in [5.74, 6) is -0.459. The highest BCUT2D eigenvalue weighted by Gasteiger charge is 2.30. The number of hydrogen-bond donors (Lipinski definition) is 1. The Morgan fingerprint density at radius 1 is 0.974 bits per heavy atom. The Hall–Kier alpha value is -3.41. The van der Waals surface area contributed by atoms with Crippen molar-refractivity contribution in [3.05, 3.63) is 116 Å². The highest BCUT2D eigenvalue weighted by Crippen LogP contribution is 2.37. The van der Waals surface area contributed by atoms with Crippen molar-refractivity contribution in [1.82, 2.24) is 15.1 Å². The van der Waals surface area contributed by atoms with Gasteiger partial charge < -0.3 is 5.32 Å². The summed E-state index contributed by atoms with van der Waals surface area (Å²) in [6.45, 7) is 0. The van der Waals surface area contributed by atoms with Gasteiger partial charge in [-0.1, -0.05) is 59.6 Å². The molecule has 0 saturated carbocycles. The molecule has 0 unspecified atom stereocenters. The van der Waals surface area contributed by atoms with E-state index in [1.54, 1.807) is 28.9 Å². The van der Waals surface area contributed by atoms with Crippen LogP contribution < -0.4 is 5.32 Å². The lowest BCUT2D eigenvalue weighted by Gasteiger charge is -2.26. The first-order valence-corrected chi connectivity index (χ1v) is 14.2. The molecule has 2 aliphatic carbocycles. The molecule has 39 heavy (non-hydrogen) atoms. The number of hydrogen-bond acceptors (Lipinski definition) is 2. The van der Waals surface area contributed by atoms with Crippen LogP contribution in [0.5, 0.6) is 0 Å². The van der Waals surface area contributed by atoms with Crippen molar-refractivity contribution in [1.29, 1.82) is 0 Å². The van der Waals surface area contributed by atoms with Crippen LogP contribution in [-0.2, 0) is 12.8 Å². The molecule has 1 heterocycles. The Balaban J connectivity index is 1.47. The molecule has 0 fully saturated rings. The zero-order valence-electron chi connectivity index (χ0n) is 21.4. The van der Waals surface area contributed by atoms with Gasteiger partial charge >= 0.3 is 0 Å². The Morgan fingerprint density at radius 2 is 1.77 bits per heavy atom. The summed E-state index contributed by atoms with van der Waals surface area (Å²) in [5.41, 5.74) is 7.26. The number of nitrogens with one attached hydrogen (secondary N) is 1. The molecule has 0 spiro atoms. The van der Waals surface area contributed by atoms with Gasteiger partial charge in [-0.2, -0.15) is 5.10 Å². The SMILES string of the molecule is O=C(N[C@@H]1CCCc2ccccc21)c1nn(-c2ccc(Cl)cc2Cl)c2c1CCCC/C2=C\c1ccc(F)cc1. The largest absolute Gasteiger partial charge is 0.344 e. The molecular formula is C32H28Cl2FN3O. The number of carbonyl (C=O) groups excluding carboxylic acids is 1. The molecule has 0 aliphatic heterocycles. The van der Waals surface area contributed by atoms with Gasteiger partial charge in [0.05, 0.1) is 22.4 Å². The molecule has 0 saturated heterocycles. The number of rotatable bonds is 4. The average molecular weight is 561 g/mol. The fourth-order valence-corrected chi connectivity index (χ4v) is 6.28. The maximum atomic E-state index is 13.9. The van der Waals surface area contributed by atoms with Crippen LogP contribution in [0.2, 0.25) is 10.0 Å². The minimum absolute atomic E-state index is 0.0534. The summed E-state index contributed by atoms with van der Waals surface area (Å²) in [6.07, 6.45) is 8.44. The second kappa shape index (κ2) is 11.0. The van der Waals surface area contributed by atoms with Crippen LogP contribution in [0.3, 0.4) is 0 Å². The number of halogens is 3. The fourth-order valence-electron chi connectivity index (χ4n) is 5.79. The maximum absolute atomic E-state index is 13.9. The van der Waals surface area contributed by atoms with Crippen molar-refractivity contribution in [2.75, 3.05) is 0 Å². The first kappa shape index (κ1) is 25.8. The van der Waals surface area contributed by atoms with E-state index in [9.17, 15) is 9.18 Å². The van der Waals surface area contributed by atoms with Gasteiger partial charge in [0, 0.05) is 10.6 Å². The lowest BCUT2D eigenvalue weighted by molar-refractivity contribution is 0.0926. The number of fused-ring (bicyclic) bond motifs is 2.